The van der Waals surface area contributed by atoms with Gasteiger partial charge in [-0.05, 0) is 43.2 Å². The van der Waals surface area contributed by atoms with Crippen LogP contribution in [0.1, 0.15) is 33.1 Å². The second-order valence-corrected chi connectivity index (χ2v) is 6.91. The Labute approximate surface area is 114 Å². The van der Waals surface area contributed by atoms with Crippen LogP contribution < -0.4 is 10.5 Å². The van der Waals surface area contributed by atoms with Crippen LogP contribution in [-0.4, -0.2) is 12.4 Å². The van der Waals surface area contributed by atoms with E-state index in [1.165, 1.54) is 24.2 Å². The van der Waals surface area contributed by atoms with Crippen molar-refractivity contribution in [3.8, 4) is 5.75 Å². The highest BCUT2D eigenvalue weighted by Gasteiger charge is 2.25. The topological polar surface area (TPSA) is 35.2 Å². The highest BCUT2D eigenvalue weighted by Crippen LogP contribution is 2.41. The number of nitrogens with two attached hydrogens (primary N) is 1. The van der Waals surface area contributed by atoms with E-state index in [4.69, 9.17) is 10.5 Å². The molecule has 0 saturated heterocycles. The van der Waals surface area contributed by atoms with E-state index in [0.717, 1.165) is 23.3 Å². The van der Waals surface area contributed by atoms with Gasteiger partial charge in [0.25, 0.3) is 0 Å². The van der Waals surface area contributed by atoms with Crippen molar-refractivity contribution in [2.75, 3.05) is 12.8 Å². The monoisotopic (exact) mass is 265 g/mol. The van der Waals surface area contributed by atoms with Gasteiger partial charge in [-0.1, -0.05) is 13.8 Å². The Bertz CT molecular complexity index is 397. The molecule has 1 aliphatic carbocycles. The zero-order valence-corrected chi connectivity index (χ0v) is 12.3. The van der Waals surface area contributed by atoms with Gasteiger partial charge in [-0.25, -0.2) is 0 Å². The Kier molecular flexibility index (Phi) is 4.44. The van der Waals surface area contributed by atoms with Crippen LogP contribution in [0.2, 0.25) is 0 Å². The number of hydrogen-bond acceptors (Lipinski definition) is 3. The molecule has 3 heteroatoms. The van der Waals surface area contributed by atoms with Gasteiger partial charge in [-0.3, -0.25) is 0 Å². The maximum absolute atomic E-state index is 5.79. The normalized spacial score (nSPS) is 28.1. The van der Waals surface area contributed by atoms with Crippen LogP contribution in [-0.2, 0) is 0 Å². The zero-order chi connectivity index (χ0) is 13.1. The summed E-state index contributed by atoms with van der Waals surface area (Å²) in [7, 11) is 1.71. The molecule has 18 heavy (non-hydrogen) atoms. The van der Waals surface area contributed by atoms with Gasteiger partial charge >= 0.3 is 0 Å². The quantitative estimate of drug-likeness (QED) is 0.832. The summed E-state index contributed by atoms with van der Waals surface area (Å²) < 4.78 is 5.42. The number of benzene rings is 1. The minimum atomic E-state index is 0.710. The molecule has 0 amide bonds. The Morgan fingerprint density at radius 2 is 1.83 bits per heavy atom. The van der Waals surface area contributed by atoms with Crippen molar-refractivity contribution < 1.29 is 4.74 Å². The minimum absolute atomic E-state index is 0.710. The van der Waals surface area contributed by atoms with E-state index in [1.807, 2.05) is 23.9 Å². The maximum Gasteiger partial charge on any atom is 0.134 e. The number of anilines is 1. The molecule has 2 N–H and O–H groups in total. The fraction of sp³-hybridized carbons (Fsp3) is 0.600. The number of rotatable bonds is 3. The summed E-state index contributed by atoms with van der Waals surface area (Å²) in [5, 5.41) is 0.710. The van der Waals surface area contributed by atoms with Gasteiger partial charge in [0.2, 0.25) is 0 Å². The third-order valence-corrected chi connectivity index (χ3v) is 4.93. The van der Waals surface area contributed by atoms with E-state index >= 15 is 0 Å². The molecule has 0 heterocycles. The van der Waals surface area contributed by atoms with Crippen molar-refractivity contribution in [3.63, 3.8) is 0 Å². The molecule has 0 radical (unpaired) electrons. The highest BCUT2D eigenvalue weighted by molar-refractivity contribution is 8.00. The van der Waals surface area contributed by atoms with Crippen molar-refractivity contribution in [2.45, 2.75) is 43.3 Å². The Hall–Kier alpha value is -0.830. The van der Waals surface area contributed by atoms with E-state index in [9.17, 15) is 0 Å². The summed E-state index contributed by atoms with van der Waals surface area (Å²) in [5.41, 5.74) is 6.56. The predicted octanol–water partition coefficient (Wildman–Crippen LogP) is 4.19. The Morgan fingerprint density at radius 1 is 1.17 bits per heavy atom. The van der Waals surface area contributed by atoms with Gasteiger partial charge in [0, 0.05) is 21.9 Å². The van der Waals surface area contributed by atoms with E-state index < -0.39 is 0 Å². The molecule has 1 aromatic rings. The molecule has 1 saturated carbocycles. The predicted molar refractivity (Wildman–Crippen MR) is 79.2 cm³/mol. The molecular weight excluding hydrogens is 242 g/mol. The lowest BCUT2D eigenvalue weighted by atomic mass is 9.83. The summed E-state index contributed by atoms with van der Waals surface area (Å²) in [6.07, 6.45) is 3.99. The number of methoxy groups -OCH3 is 1. The lowest BCUT2D eigenvalue weighted by Crippen LogP contribution is -2.21. The molecule has 100 valence electrons. The molecule has 0 aromatic heterocycles. The molecule has 1 aromatic carbocycles. The van der Waals surface area contributed by atoms with Crippen LogP contribution in [0, 0.1) is 11.8 Å². The smallest absolute Gasteiger partial charge is 0.134 e. The SMILES string of the molecule is COc1cc(N)ccc1SC1CC(C)CC(C)C1. The molecule has 2 nitrogen and oxygen atoms in total. The fourth-order valence-electron chi connectivity index (χ4n) is 2.93. The maximum atomic E-state index is 5.79. The first-order chi connectivity index (χ1) is 8.58. The number of thioether (sulfide) groups is 1. The second-order valence-electron chi connectivity index (χ2n) is 5.57. The number of nitrogen functional groups attached to an aromatic ring is 1. The third kappa shape index (κ3) is 3.35. The Morgan fingerprint density at radius 3 is 2.44 bits per heavy atom. The van der Waals surface area contributed by atoms with Crippen LogP contribution in [0.15, 0.2) is 23.1 Å². The minimum Gasteiger partial charge on any atom is -0.496 e. The summed E-state index contributed by atoms with van der Waals surface area (Å²) in [6.45, 7) is 4.73. The van der Waals surface area contributed by atoms with E-state index in [0.29, 0.717) is 5.25 Å². The van der Waals surface area contributed by atoms with E-state index in [-0.39, 0.29) is 0 Å². The number of ether oxygens (including phenoxy) is 1. The first-order valence-electron chi connectivity index (χ1n) is 6.68. The van der Waals surface area contributed by atoms with Crippen LogP contribution >= 0.6 is 11.8 Å². The van der Waals surface area contributed by atoms with Gasteiger partial charge < -0.3 is 10.5 Å². The summed E-state index contributed by atoms with van der Waals surface area (Å²) in [4.78, 5) is 1.22. The Balaban J connectivity index is 2.08. The first-order valence-corrected chi connectivity index (χ1v) is 7.56. The van der Waals surface area contributed by atoms with Crippen molar-refractivity contribution in [1.29, 1.82) is 0 Å². The van der Waals surface area contributed by atoms with Gasteiger partial charge in [0.15, 0.2) is 0 Å². The fourth-order valence-corrected chi connectivity index (χ4v) is 4.54. The van der Waals surface area contributed by atoms with Crippen molar-refractivity contribution in [2.24, 2.45) is 11.8 Å². The second kappa shape index (κ2) is 5.87. The molecule has 2 atom stereocenters. The summed E-state index contributed by atoms with van der Waals surface area (Å²) in [6, 6.07) is 5.96. The van der Waals surface area contributed by atoms with Gasteiger partial charge in [-0.2, -0.15) is 0 Å². The lowest BCUT2D eigenvalue weighted by molar-refractivity contribution is 0.308. The van der Waals surface area contributed by atoms with E-state index in [2.05, 4.69) is 19.9 Å². The van der Waals surface area contributed by atoms with Gasteiger partial charge in [0.1, 0.15) is 5.75 Å². The summed E-state index contributed by atoms with van der Waals surface area (Å²) in [5.74, 6) is 2.59. The van der Waals surface area contributed by atoms with Crippen molar-refractivity contribution >= 4 is 17.4 Å². The summed E-state index contributed by atoms with van der Waals surface area (Å²) >= 11 is 1.95. The van der Waals surface area contributed by atoms with Gasteiger partial charge in [0.05, 0.1) is 7.11 Å². The lowest BCUT2D eigenvalue weighted by Gasteiger charge is -2.31. The third-order valence-electron chi connectivity index (χ3n) is 3.62. The average molecular weight is 265 g/mol. The largest absolute Gasteiger partial charge is 0.496 e. The molecule has 1 aliphatic rings. The zero-order valence-electron chi connectivity index (χ0n) is 11.5. The van der Waals surface area contributed by atoms with E-state index in [1.54, 1.807) is 7.11 Å². The number of hydrogen-bond donors (Lipinski definition) is 1. The van der Waals surface area contributed by atoms with Crippen LogP contribution in [0.4, 0.5) is 5.69 Å². The molecule has 1 fully saturated rings. The molecule has 0 bridgehead atoms. The standard InChI is InChI=1S/C15H23NOS/c1-10-6-11(2)8-13(7-10)18-15-5-4-12(16)9-14(15)17-3/h4-5,9-11,13H,6-8,16H2,1-3H3. The molecule has 2 rings (SSSR count). The van der Waals surface area contributed by atoms with Crippen LogP contribution in [0.5, 0.6) is 5.75 Å². The average Bonchev–Trinajstić information content (AvgIpc) is 2.30. The van der Waals surface area contributed by atoms with Crippen molar-refractivity contribution in [3.05, 3.63) is 18.2 Å². The highest BCUT2D eigenvalue weighted by atomic mass is 32.2. The van der Waals surface area contributed by atoms with Crippen LogP contribution in [0.3, 0.4) is 0 Å². The first kappa shape index (κ1) is 13.6. The molecule has 2 unspecified atom stereocenters. The van der Waals surface area contributed by atoms with Crippen molar-refractivity contribution in [1.82, 2.24) is 0 Å². The van der Waals surface area contributed by atoms with Gasteiger partial charge in [-0.15, -0.1) is 11.8 Å². The molecule has 0 aliphatic heterocycles. The molecular formula is C15H23NOS. The molecule has 0 spiro atoms. The van der Waals surface area contributed by atoms with Crippen LogP contribution in [0.25, 0.3) is 0 Å².